The predicted octanol–water partition coefficient (Wildman–Crippen LogP) is 3.65. The van der Waals surface area contributed by atoms with Gasteiger partial charge in [-0.25, -0.2) is 4.79 Å². The first-order valence-corrected chi connectivity index (χ1v) is 11.7. The van der Waals surface area contributed by atoms with E-state index in [9.17, 15) is 9.59 Å². The van der Waals surface area contributed by atoms with Gasteiger partial charge in [0.05, 0.1) is 10.6 Å². The summed E-state index contributed by atoms with van der Waals surface area (Å²) < 4.78 is 0. The van der Waals surface area contributed by atoms with Crippen LogP contribution in [-0.4, -0.2) is 60.8 Å². The topological polar surface area (TPSA) is 93.7 Å². The molecule has 0 unspecified atom stereocenters. The van der Waals surface area contributed by atoms with Crippen LogP contribution in [0.25, 0.3) is 0 Å². The van der Waals surface area contributed by atoms with E-state index < -0.39 is 6.09 Å². The average Bonchev–Trinajstić information content (AvgIpc) is 2.72. The van der Waals surface area contributed by atoms with Gasteiger partial charge in [-0.05, 0) is 74.5 Å². The summed E-state index contributed by atoms with van der Waals surface area (Å²) in [5, 5.41) is 17.8. The highest BCUT2D eigenvalue weighted by molar-refractivity contribution is 6.34. The number of rotatable bonds is 9. The van der Waals surface area contributed by atoms with Gasteiger partial charge in [-0.1, -0.05) is 11.6 Å². The Morgan fingerprint density at radius 3 is 2.29 bits per heavy atom. The number of hydrogen-bond acceptors (Lipinski definition) is 4. The molecule has 0 radical (unpaired) electrons. The second-order valence-electron chi connectivity index (χ2n) is 9.61. The van der Waals surface area contributed by atoms with E-state index in [0.29, 0.717) is 36.8 Å². The van der Waals surface area contributed by atoms with Crippen LogP contribution in [0.4, 0.5) is 10.5 Å². The van der Waals surface area contributed by atoms with Crippen LogP contribution < -0.4 is 16.0 Å². The highest BCUT2D eigenvalue weighted by atomic mass is 35.5. The fourth-order valence-corrected chi connectivity index (χ4v) is 6.55. The molecule has 1 aromatic carbocycles. The maximum atomic E-state index is 13.5. The standard InChI is InChI=1S/C23H33ClN4O3/c1-28(23-12-15-8-16(13-23)10-17(9-15)14-23)21(29)19-11-18(2-3-20(19)24)26-6-4-25-5-7-27-22(30)31/h2-3,11,15-17,25-27H,4-10,12-14H2,1H3,(H,30,31). The molecule has 4 aliphatic rings. The maximum Gasteiger partial charge on any atom is 0.404 e. The van der Waals surface area contributed by atoms with Gasteiger partial charge in [0, 0.05) is 44.5 Å². The van der Waals surface area contributed by atoms with Crippen LogP contribution >= 0.6 is 11.6 Å². The number of anilines is 1. The SMILES string of the molecule is CN(C(=O)c1cc(NCCNCCNC(=O)O)ccc1Cl)C12CC3CC(CC(C3)C1)C2. The molecule has 31 heavy (non-hydrogen) atoms. The van der Waals surface area contributed by atoms with Crippen molar-refractivity contribution in [3.05, 3.63) is 28.8 Å². The van der Waals surface area contributed by atoms with E-state index in [1.165, 1.54) is 19.3 Å². The number of carbonyl (C=O) groups excluding carboxylic acids is 1. The Balaban J connectivity index is 1.34. The minimum atomic E-state index is -1.02. The van der Waals surface area contributed by atoms with Crippen molar-refractivity contribution in [1.82, 2.24) is 15.5 Å². The molecule has 4 bridgehead atoms. The Bertz CT molecular complexity index is 796. The number of carboxylic acid groups (broad SMARTS) is 1. The highest BCUT2D eigenvalue weighted by Crippen LogP contribution is 2.57. The van der Waals surface area contributed by atoms with Crippen molar-refractivity contribution in [3.8, 4) is 0 Å². The van der Waals surface area contributed by atoms with Gasteiger partial charge in [-0.2, -0.15) is 0 Å². The van der Waals surface area contributed by atoms with E-state index in [2.05, 4.69) is 16.0 Å². The number of benzene rings is 1. The van der Waals surface area contributed by atoms with Crippen molar-refractivity contribution in [3.63, 3.8) is 0 Å². The van der Waals surface area contributed by atoms with Gasteiger partial charge in [0.1, 0.15) is 0 Å². The van der Waals surface area contributed by atoms with Gasteiger partial charge < -0.3 is 26.0 Å². The Labute approximate surface area is 188 Å². The number of nitrogens with one attached hydrogen (secondary N) is 3. The summed E-state index contributed by atoms with van der Waals surface area (Å²) in [5.41, 5.74) is 1.42. The minimum absolute atomic E-state index is 0.00645. The molecule has 170 valence electrons. The second-order valence-corrected chi connectivity index (χ2v) is 10.0. The first-order chi connectivity index (χ1) is 14.9. The van der Waals surface area contributed by atoms with Crippen molar-refractivity contribution in [2.24, 2.45) is 17.8 Å². The van der Waals surface area contributed by atoms with Crippen molar-refractivity contribution in [2.75, 3.05) is 38.5 Å². The molecule has 0 aliphatic heterocycles. The molecule has 0 spiro atoms. The molecule has 7 nitrogen and oxygen atoms in total. The molecule has 0 saturated heterocycles. The van der Waals surface area contributed by atoms with Gasteiger partial charge in [0.2, 0.25) is 0 Å². The second kappa shape index (κ2) is 9.25. The number of halogens is 1. The quantitative estimate of drug-likeness (QED) is 0.433. The predicted molar refractivity (Wildman–Crippen MR) is 122 cm³/mol. The molecule has 0 heterocycles. The van der Waals surface area contributed by atoms with Crippen LogP contribution in [0.1, 0.15) is 48.9 Å². The first-order valence-electron chi connectivity index (χ1n) is 11.4. The third-order valence-corrected chi connectivity index (χ3v) is 7.76. The zero-order valence-corrected chi connectivity index (χ0v) is 18.9. The molecule has 0 atom stereocenters. The Morgan fingerprint density at radius 1 is 1.06 bits per heavy atom. The smallest absolute Gasteiger partial charge is 0.404 e. The zero-order chi connectivity index (χ0) is 22.0. The fourth-order valence-electron chi connectivity index (χ4n) is 6.35. The number of carbonyl (C=O) groups is 2. The maximum absolute atomic E-state index is 13.5. The monoisotopic (exact) mass is 448 g/mol. The van der Waals surface area contributed by atoms with Crippen LogP contribution in [0, 0.1) is 17.8 Å². The summed E-state index contributed by atoms with van der Waals surface area (Å²) in [5.74, 6) is 2.36. The molecular weight excluding hydrogens is 416 g/mol. The third-order valence-electron chi connectivity index (χ3n) is 7.43. The van der Waals surface area contributed by atoms with E-state index in [1.807, 2.05) is 24.1 Å². The van der Waals surface area contributed by atoms with Crippen LogP contribution in [0.15, 0.2) is 18.2 Å². The molecule has 4 saturated carbocycles. The van der Waals surface area contributed by atoms with E-state index in [-0.39, 0.29) is 11.4 Å². The molecule has 0 aromatic heterocycles. The average molecular weight is 449 g/mol. The molecule has 4 aliphatic carbocycles. The van der Waals surface area contributed by atoms with Gasteiger partial charge in [0.25, 0.3) is 5.91 Å². The van der Waals surface area contributed by atoms with E-state index in [1.54, 1.807) is 6.07 Å². The summed E-state index contributed by atoms with van der Waals surface area (Å²) in [4.78, 5) is 25.9. The molecule has 1 aromatic rings. The fraction of sp³-hybridized carbons (Fsp3) is 0.652. The van der Waals surface area contributed by atoms with E-state index >= 15 is 0 Å². The lowest BCUT2D eigenvalue weighted by atomic mass is 9.52. The minimum Gasteiger partial charge on any atom is -0.465 e. The van der Waals surface area contributed by atoms with Gasteiger partial charge >= 0.3 is 6.09 Å². The number of hydrogen-bond donors (Lipinski definition) is 4. The van der Waals surface area contributed by atoms with Crippen molar-refractivity contribution in [2.45, 2.75) is 44.1 Å². The number of amides is 2. The lowest BCUT2D eigenvalue weighted by Gasteiger charge is -2.59. The summed E-state index contributed by atoms with van der Waals surface area (Å²) in [6.07, 6.45) is 6.44. The lowest BCUT2D eigenvalue weighted by molar-refractivity contribution is -0.0665. The summed E-state index contributed by atoms with van der Waals surface area (Å²) in [6.45, 7) is 2.27. The van der Waals surface area contributed by atoms with Crippen LogP contribution in [0.2, 0.25) is 5.02 Å². The van der Waals surface area contributed by atoms with Crippen LogP contribution in [0.3, 0.4) is 0 Å². The number of nitrogens with zero attached hydrogens (tertiary/aromatic N) is 1. The molecule has 4 N–H and O–H groups in total. The van der Waals surface area contributed by atoms with E-state index in [0.717, 1.165) is 42.7 Å². The summed E-state index contributed by atoms with van der Waals surface area (Å²) in [7, 11) is 1.97. The van der Waals surface area contributed by atoms with Gasteiger partial charge in [0.15, 0.2) is 0 Å². The Morgan fingerprint density at radius 2 is 1.68 bits per heavy atom. The van der Waals surface area contributed by atoms with E-state index in [4.69, 9.17) is 16.7 Å². The Kier molecular flexibility index (Phi) is 6.63. The van der Waals surface area contributed by atoms with Crippen LogP contribution in [0.5, 0.6) is 0 Å². The molecular formula is C23H33ClN4O3. The van der Waals surface area contributed by atoms with Crippen molar-refractivity contribution < 1.29 is 14.7 Å². The molecule has 8 heteroatoms. The largest absolute Gasteiger partial charge is 0.465 e. The van der Waals surface area contributed by atoms with Crippen molar-refractivity contribution in [1.29, 1.82) is 0 Å². The van der Waals surface area contributed by atoms with Crippen LogP contribution in [-0.2, 0) is 0 Å². The van der Waals surface area contributed by atoms with Gasteiger partial charge in [-0.15, -0.1) is 0 Å². The first kappa shape index (κ1) is 22.2. The lowest BCUT2D eigenvalue weighted by Crippen LogP contribution is -2.60. The summed E-state index contributed by atoms with van der Waals surface area (Å²) >= 11 is 6.44. The summed E-state index contributed by atoms with van der Waals surface area (Å²) in [6, 6.07) is 5.53. The van der Waals surface area contributed by atoms with Crippen molar-refractivity contribution >= 4 is 29.3 Å². The van der Waals surface area contributed by atoms with Gasteiger partial charge in [-0.3, -0.25) is 4.79 Å². The molecule has 5 rings (SSSR count). The normalized spacial score (nSPS) is 28.4. The Hall–Kier alpha value is -1.99. The highest BCUT2D eigenvalue weighted by Gasteiger charge is 2.53. The molecule has 2 amide bonds. The zero-order valence-electron chi connectivity index (χ0n) is 18.1. The third kappa shape index (κ3) is 4.93. The molecule has 4 fully saturated rings.